The van der Waals surface area contributed by atoms with Crippen LogP contribution in [0.2, 0.25) is 0 Å². The summed E-state index contributed by atoms with van der Waals surface area (Å²) in [6, 6.07) is 2.84. The number of carbonyl (C=O) groups excluding carboxylic acids is 2. The molecule has 132 valence electrons. The molecule has 1 aromatic carbocycles. The van der Waals surface area contributed by atoms with Gasteiger partial charge in [0.25, 0.3) is 5.91 Å². The second-order valence-electron chi connectivity index (χ2n) is 6.29. The number of amides is 1. The predicted octanol–water partition coefficient (Wildman–Crippen LogP) is 4.20. The monoisotopic (exact) mass is 339 g/mol. The topological polar surface area (TPSA) is 55.4 Å². The van der Waals surface area contributed by atoms with E-state index in [4.69, 9.17) is 4.74 Å². The molecular formula is C18H23F2NO3. The number of hydrogen-bond donors (Lipinski definition) is 1. The van der Waals surface area contributed by atoms with Gasteiger partial charge in [-0.05, 0) is 31.4 Å². The maximum absolute atomic E-state index is 13.5. The van der Waals surface area contributed by atoms with Crippen molar-refractivity contribution in [3.05, 3.63) is 29.8 Å². The average Bonchev–Trinajstić information content (AvgIpc) is 2.56. The molecular weight excluding hydrogens is 316 g/mol. The minimum absolute atomic E-state index is 0.147. The van der Waals surface area contributed by atoms with Crippen LogP contribution < -0.4 is 5.32 Å². The summed E-state index contributed by atoms with van der Waals surface area (Å²) < 4.78 is 31.4. The van der Waals surface area contributed by atoms with Gasteiger partial charge >= 0.3 is 5.97 Å². The maximum Gasteiger partial charge on any atom is 0.306 e. The number of hydrogen-bond acceptors (Lipinski definition) is 3. The Hall–Kier alpha value is -1.98. The maximum atomic E-state index is 13.5. The molecule has 1 N–H and O–H groups in total. The molecule has 1 fully saturated rings. The van der Waals surface area contributed by atoms with Gasteiger partial charge in [-0.2, -0.15) is 0 Å². The highest BCUT2D eigenvalue weighted by Gasteiger charge is 2.21. The van der Waals surface area contributed by atoms with Crippen molar-refractivity contribution in [2.24, 2.45) is 5.92 Å². The SMILES string of the molecule is CC(OC(=O)CCC1CCCCC1)C(=O)Nc1ccc(F)cc1F. The summed E-state index contributed by atoms with van der Waals surface area (Å²) in [5, 5.41) is 2.29. The van der Waals surface area contributed by atoms with Crippen molar-refractivity contribution in [1.82, 2.24) is 0 Å². The van der Waals surface area contributed by atoms with Crippen LogP contribution in [0.4, 0.5) is 14.5 Å². The van der Waals surface area contributed by atoms with Gasteiger partial charge in [-0.25, -0.2) is 8.78 Å². The lowest BCUT2D eigenvalue weighted by Gasteiger charge is -2.21. The van der Waals surface area contributed by atoms with Crippen molar-refractivity contribution >= 4 is 17.6 Å². The van der Waals surface area contributed by atoms with Crippen LogP contribution in [0.5, 0.6) is 0 Å². The molecule has 1 amide bonds. The Kier molecular flexibility index (Phi) is 6.70. The number of anilines is 1. The van der Waals surface area contributed by atoms with E-state index in [1.165, 1.54) is 26.2 Å². The number of halogens is 2. The average molecular weight is 339 g/mol. The molecule has 0 heterocycles. The van der Waals surface area contributed by atoms with Crippen molar-refractivity contribution in [1.29, 1.82) is 0 Å². The molecule has 1 saturated carbocycles. The zero-order chi connectivity index (χ0) is 17.5. The van der Waals surface area contributed by atoms with E-state index >= 15 is 0 Å². The molecule has 2 rings (SSSR count). The molecule has 4 nitrogen and oxygen atoms in total. The summed E-state index contributed by atoms with van der Waals surface area (Å²) in [4.78, 5) is 23.8. The zero-order valence-electron chi connectivity index (χ0n) is 13.8. The van der Waals surface area contributed by atoms with E-state index in [-0.39, 0.29) is 12.1 Å². The Labute approximate surface area is 140 Å². The van der Waals surface area contributed by atoms with Gasteiger partial charge in [0.05, 0.1) is 5.69 Å². The molecule has 1 aliphatic carbocycles. The van der Waals surface area contributed by atoms with E-state index in [9.17, 15) is 18.4 Å². The Morgan fingerprint density at radius 2 is 1.96 bits per heavy atom. The van der Waals surface area contributed by atoms with Crippen molar-refractivity contribution in [3.63, 3.8) is 0 Å². The summed E-state index contributed by atoms with van der Waals surface area (Å²) in [5.41, 5.74) is -0.147. The third-order valence-corrected chi connectivity index (χ3v) is 4.35. The lowest BCUT2D eigenvalue weighted by atomic mass is 9.86. The molecule has 1 unspecified atom stereocenters. The van der Waals surface area contributed by atoms with Crippen LogP contribution in [-0.4, -0.2) is 18.0 Å². The Morgan fingerprint density at radius 1 is 1.25 bits per heavy atom. The van der Waals surface area contributed by atoms with Crippen molar-refractivity contribution in [2.45, 2.75) is 58.0 Å². The zero-order valence-corrected chi connectivity index (χ0v) is 13.8. The van der Waals surface area contributed by atoms with Gasteiger partial charge in [-0.15, -0.1) is 0 Å². The molecule has 0 radical (unpaired) electrons. The van der Waals surface area contributed by atoms with Gasteiger partial charge in [0.1, 0.15) is 11.6 Å². The van der Waals surface area contributed by atoms with E-state index < -0.39 is 29.6 Å². The van der Waals surface area contributed by atoms with Crippen LogP contribution in [0.1, 0.15) is 51.9 Å². The highest BCUT2D eigenvalue weighted by atomic mass is 19.1. The number of nitrogens with one attached hydrogen (secondary N) is 1. The van der Waals surface area contributed by atoms with Crippen LogP contribution in [-0.2, 0) is 14.3 Å². The summed E-state index contributed by atoms with van der Waals surface area (Å²) in [6.07, 6.45) is 6.00. The molecule has 24 heavy (non-hydrogen) atoms. The Bertz CT molecular complexity index is 586. The smallest absolute Gasteiger partial charge is 0.306 e. The largest absolute Gasteiger partial charge is 0.453 e. The third kappa shape index (κ3) is 5.58. The molecule has 1 aromatic rings. The second-order valence-corrected chi connectivity index (χ2v) is 6.29. The van der Waals surface area contributed by atoms with Gasteiger partial charge in [0.2, 0.25) is 0 Å². The molecule has 6 heteroatoms. The van der Waals surface area contributed by atoms with Crippen LogP contribution >= 0.6 is 0 Å². The highest BCUT2D eigenvalue weighted by molar-refractivity contribution is 5.95. The second kappa shape index (κ2) is 8.76. The van der Waals surface area contributed by atoms with Gasteiger partial charge in [0.15, 0.2) is 6.10 Å². The molecule has 1 atom stereocenters. The van der Waals surface area contributed by atoms with E-state index in [0.717, 1.165) is 31.4 Å². The molecule has 1 aliphatic rings. The van der Waals surface area contributed by atoms with Gasteiger partial charge in [0, 0.05) is 12.5 Å². The number of rotatable bonds is 6. The number of carbonyl (C=O) groups is 2. The van der Waals surface area contributed by atoms with Crippen LogP contribution in [0, 0.1) is 17.6 Å². The van der Waals surface area contributed by atoms with E-state index in [2.05, 4.69) is 5.32 Å². The minimum Gasteiger partial charge on any atom is -0.453 e. The van der Waals surface area contributed by atoms with Crippen molar-refractivity contribution in [2.75, 3.05) is 5.32 Å². The normalized spacial score (nSPS) is 16.5. The highest BCUT2D eigenvalue weighted by Crippen LogP contribution is 2.27. The number of benzene rings is 1. The Morgan fingerprint density at radius 3 is 2.62 bits per heavy atom. The standard InChI is InChI=1S/C18H23F2NO3/c1-12(18(23)21-16-9-8-14(19)11-15(16)20)24-17(22)10-7-13-5-3-2-4-6-13/h8-9,11-13H,2-7,10H2,1H3,(H,21,23). The molecule has 0 aliphatic heterocycles. The minimum atomic E-state index is -1.03. The summed E-state index contributed by atoms with van der Waals surface area (Å²) in [5.74, 6) is -2.12. The lowest BCUT2D eigenvalue weighted by molar-refractivity contribution is -0.153. The molecule has 0 aromatic heterocycles. The van der Waals surface area contributed by atoms with Crippen LogP contribution in [0.25, 0.3) is 0 Å². The van der Waals surface area contributed by atoms with Gasteiger partial charge in [-0.3, -0.25) is 9.59 Å². The lowest BCUT2D eigenvalue weighted by Crippen LogP contribution is -2.30. The first-order valence-corrected chi connectivity index (χ1v) is 8.41. The quantitative estimate of drug-likeness (QED) is 0.791. The van der Waals surface area contributed by atoms with Gasteiger partial charge < -0.3 is 10.1 Å². The fraction of sp³-hybridized carbons (Fsp3) is 0.556. The molecule has 0 saturated heterocycles. The number of esters is 1. The third-order valence-electron chi connectivity index (χ3n) is 4.35. The fourth-order valence-electron chi connectivity index (χ4n) is 2.93. The van der Waals surface area contributed by atoms with E-state index in [0.29, 0.717) is 12.0 Å². The first kappa shape index (κ1) is 18.4. The number of ether oxygens (including phenoxy) is 1. The Balaban J connectivity index is 1.76. The van der Waals surface area contributed by atoms with Crippen molar-refractivity contribution < 1.29 is 23.1 Å². The van der Waals surface area contributed by atoms with Crippen LogP contribution in [0.3, 0.4) is 0 Å². The predicted molar refractivity (Wildman–Crippen MR) is 86.4 cm³/mol. The fourth-order valence-corrected chi connectivity index (χ4v) is 2.93. The molecule has 0 bridgehead atoms. The van der Waals surface area contributed by atoms with E-state index in [1.54, 1.807) is 0 Å². The van der Waals surface area contributed by atoms with Crippen molar-refractivity contribution in [3.8, 4) is 0 Å². The van der Waals surface area contributed by atoms with Crippen LogP contribution in [0.15, 0.2) is 18.2 Å². The first-order chi connectivity index (χ1) is 11.5. The van der Waals surface area contributed by atoms with E-state index in [1.807, 2.05) is 0 Å². The molecule has 0 spiro atoms. The summed E-state index contributed by atoms with van der Waals surface area (Å²) in [7, 11) is 0. The van der Waals surface area contributed by atoms with Gasteiger partial charge in [-0.1, -0.05) is 32.1 Å². The summed E-state index contributed by atoms with van der Waals surface area (Å²) in [6.45, 7) is 1.43. The first-order valence-electron chi connectivity index (χ1n) is 8.41. The summed E-state index contributed by atoms with van der Waals surface area (Å²) >= 11 is 0.